The van der Waals surface area contributed by atoms with Crippen molar-refractivity contribution in [2.75, 3.05) is 19.8 Å². The minimum atomic E-state index is -0.198. The minimum absolute atomic E-state index is 0.00967. The third-order valence-corrected chi connectivity index (χ3v) is 3.52. The Morgan fingerprint density at radius 3 is 2.95 bits per heavy atom. The molecule has 0 saturated carbocycles. The Labute approximate surface area is 119 Å². The van der Waals surface area contributed by atoms with Crippen LogP contribution in [0.4, 0.5) is 0 Å². The van der Waals surface area contributed by atoms with E-state index in [-0.39, 0.29) is 25.2 Å². The van der Waals surface area contributed by atoms with E-state index < -0.39 is 0 Å². The summed E-state index contributed by atoms with van der Waals surface area (Å²) in [6.07, 6.45) is 2.88. The second-order valence-corrected chi connectivity index (χ2v) is 4.87. The first kappa shape index (κ1) is 14.6. The normalized spacial score (nSPS) is 18.3. The molecule has 1 unspecified atom stereocenters. The van der Waals surface area contributed by atoms with Gasteiger partial charge < -0.3 is 15.1 Å². The van der Waals surface area contributed by atoms with Crippen LogP contribution in [0.5, 0.6) is 0 Å². The van der Waals surface area contributed by atoms with Crippen molar-refractivity contribution in [1.82, 2.24) is 4.90 Å². The maximum Gasteiger partial charge on any atom is 0.254 e. The Bertz CT molecular complexity index is 530. The summed E-state index contributed by atoms with van der Waals surface area (Å²) in [7, 11) is 0. The fourth-order valence-electron chi connectivity index (χ4n) is 2.50. The average Bonchev–Trinajstić information content (AvgIpc) is 2.52. The number of nitrogens with zero attached hydrogens (tertiary/aromatic N) is 1. The highest BCUT2D eigenvalue weighted by Crippen LogP contribution is 2.19. The van der Waals surface area contributed by atoms with Crippen LogP contribution in [0.15, 0.2) is 24.3 Å². The van der Waals surface area contributed by atoms with Crippen LogP contribution < -0.4 is 0 Å². The molecule has 1 saturated heterocycles. The fraction of sp³-hybridized carbons (Fsp3) is 0.438. The first-order valence-electron chi connectivity index (χ1n) is 6.88. The second kappa shape index (κ2) is 7.09. The zero-order chi connectivity index (χ0) is 14.4. The van der Waals surface area contributed by atoms with E-state index in [1.807, 2.05) is 0 Å². The van der Waals surface area contributed by atoms with Gasteiger partial charge in [0.1, 0.15) is 6.61 Å². The van der Waals surface area contributed by atoms with Gasteiger partial charge in [0.15, 0.2) is 0 Å². The first-order valence-corrected chi connectivity index (χ1v) is 6.88. The first-order chi connectivity index (χ1) is 9.76. The SMILES string of the molecule is O=C(c1cccc(C#CCO)c1)N1CCCCC1CO. The number of aliphatic hydroxyl groups is 2. The van der Waals surface area contributed by atoms with Gasteiger partial charge in [-0.1, -0.05) is 17.9 Å². The highest BCUT2D eigenvalue weighted by Gasteiger charge is 2.26. The van der Waals surface area contributed by atoms with Crippen molar-refractivity contribution in [2.45, 2.75) is 25.3 Å². The molecule has 0 spiro atoms. The fourth-order valence-corrected chi connectivity index (χ4v) is 2.50. The summed E-state index contributed by atoms with van der Waals surface area (Å²) in [4.78, 5) is 14.3. The molecule has 0 aliphatic carbocycles. The van der Waals surface area contributed by atoms with Gasteiger partial charge in [0.2, 0.25) is 0 Å². The van der Waals surface area contributed by atoms with Crippen molar-refractivity contribution >= 4 is 5.91 Å². The molecule has 1 fully saturated rings. The molecule has 1 amide bonds. The number of likely N-dealkylation sites (tertiary alicyclic amines) is 1. The summed E-state index contributed by atoms with van der Waals surface area (Å²) in [5.74, 6) is 5.31. The van der Waals surface area contributed by atoms with Crippen LogP contribution in [0.2, 0.25) is 0 Å². The molecule has 1 aromatic carbocycles. The lowest BCUT2D eigenvalue weighted by molar-refractivity contribution is 0.0503. The third kappa shape index (κ3) is 3.38. The molecule has 0 aromatic heterocycles. The van der Waals surface area contributed by atoms with E-state index in [9.17, 15) is 9.90 Å². The quantitative estimate of drug-likeness (QED) is 0.791. The van der Waals surface area contributed by atoms with Crippen molar-refractivity contribution in [2.24, 2.45) is 0 Å². The molecular formula is C16H19NO3. The second-order valence-electron chi connectivity index (χ2n) is 4.87. The van der Waals surface area contributed by atoms with Crippen LogP contribution in [-0.2, 0) is 0 Å². The van der Waals surface area contributed by atoms with Gasteiger partial charge in [-0.2, -0.15) is 0 Å². The Morgan fingerprint density at radius 2 is 2.20 bits per heavy atom. The van der Waals surface area contributed by atoms with E-state index in [0.717, 1.165) is 19.3 Å². The van der Waals surface area contributed by atoms with Gasteiger partial charge in [-0.15, -0.1) is 0 Å². The Hall–Kier alpha value is -1.83. The van der Waals surface area contributed by atoms with Crippen molar-refractivity contribution < 1.29 is 15.0 Å². The van der Waals surface area contributed by atoms with Crippen LogP contribution >= 0.6 is 0 Å². The van der Waals surface area contributed by atoms with Crippen LogP contribution in [0.25, 0.3) is 0 Å². The van der Waals surface area contributed by atoms with E-state index in [1.54, 1.807) is 29.2 Å². The number of rotatable bonds is 2. The molecule has 0 bridgehead atoms. The predicted molar refractivity (Wildman–Crippen MR) is 76.2 cm³/mol. The average molecular weight is 273 g/mol. The lowest BCUT2D eigenvalue weighted by Gasteiger charge is -2.34. The van der Waals surface area contributed by atoms with Crippen LogP contribution in [0, 0.1) is 11.8 Å². The summed E-state index contributed by atoms with van der Waals surface area (Å²) in [6, 6.07) is 7.00. The molecule has 0 radical (unpaired) electrons. The number of amides is 1. The van der Waals surface area contributed by atoms with Crippen molar-refractivity contribution in [3.63, 3.8) is 0 Å². The Kier molecular flexibility index (Phi) is 5.16. The summed E-state index contributed by atoms with van der Waals surface area (Å²) in [5, 5.41) is 18.1. The molecule has 4 heteroatoms. The molecule has 106 valence electrons. The number of hydrogen-bond acceptors (Lipinski definition) is 3. The Balaban J connectivity index is 2.19. The number of hydrogen-bond donors (Lipinski definition) is 2. The number of piperidine rings is 1. The summed E-state index contributed by atoms with van der Waals surface area (Å²) < 4.78 is 0. The molecule has 1 aliphatic rings. The van der Waals surface area contributed by atoms with Crippen LogP contribution in [-0.4, -0.2) is 46.8 Å². The molecule has 2 rings (SSSR count). The van der Waals surface area contributed by atoms with Crippen LogP contribution in [0.3, 0.4) is 0 Å². The number of benzene rings is 1. The zero-order valence-electron chi connectivity index (χ0n) is 11.4. The van der Waals surface area contributed by atoms with Crippen molar-refractivity contribution in [3.05, 3.63) is 35.4 Å². The highest BCUT2D eigenvalue weighted by atomic mass is 16.3. The maximum atomic E-state index is 12.5. The van der Waals surface area contributed by atoms with Crippen molar-refractivity contribution in [1.29, 1.82) is 0 Å². The van der Waals surface area contributed by atoms with Crippen molar-refractivity contribution in [3.8, 4) is 11.8 Å². The summed E-state index contributed by atoms with van der Waals surface area (Å²) in [6.45, 7) is 0.503. The molecule has 1 aliphatic heterocycles. The lowest BCUT2D eigenvalue weighted by Crippen LogP contribution is -2.45. The number of aliphatic hydroxyl groups excluding tert-OH is 2. The molecule has 4 nitrogen and oxygen atoms in total. The summed E-state index contributed by atoms with van der Waals surface area (Å²) >= 11 is 0. The van der Waals surface area contributed by atoms with E-state index in [2.05, 4.69) is 11.8 Å². The van der Waals surface area contributed by atoms with Gasteiger partial charge in [-0.05, 0) is 37.5 Å². The van der Waals surface area contributed by atoms with Crippen LogP contribution in [0.1, 0.15) is 35.2 Å². The highest BCUT2D eigenvalue weighted by molar-refractivity contribution is 5.94. The molecule has 2 N–H and O–H groups in total. The monoisotopic (exact) mass is 273 g/mol. The zero-order valence-corrected chi connectivity index (χ0v) is 11.4. The van der Waals surface area contributed by atoms with E-state index >= 15 is 0 Å². The molecule has 20 heavy (non-hydrogen) atoms. The minimum Gasteiger partial charge on any atom is -0.394 e. The lowest BCUT2D eigenvalue weighted by atomic mass is 10.0. The predicted octanol–water partition coefficient (Wildman–Crippen LogP) is 1.02. The largest absolute Gasteiger partial charge is 0.394 e. The van der Waals surface area contributed by atoms with Gasteiger partial charge in [-0.3, -0.25) is 4.79 Å². The standard InChI is InChI=1S/C16H19NO3/c18-10-4-6-13-5-3-7-14(11-13)16(20)17-9-2-1-8-15(17)12-19/h3,5,7,11,15,18-19H,1-2,8-10,12H2. The van der Waals surface area contributed by atoms with Gasteiger partial charge >= 0.3 is 0 Å². The maximum absolute atomic E-state index is 12.5. The smallest absolute Gasteiger partial charge is 0.254 e. The number of carbonyl (C=O) groups excluding carboxylic acids is 1. The Morgan fingerprint density at radius 1 is 1.35 bits per heavy atom. The molecule has 1 heterocycles. The van der Waals surface area contributed by atoms with Gasteiger partial charge in [-0.25, -0.2) is 0 Å². The summed E-state index contributed by atoms with van der Waals surface area (Å²) in [5.41, 5.74) is 1.29. The van der Waals surface area contributed by atoms with E-state index in [1.165, 1.54) is 0 Å². The van der Waals surface area contributed by atoms with E-state index in [4.69, 9.17) is 5.11 Å². The van der Waals surface area contributed by atoms with Gasteiger partial charge in [0.05, 0.1) is 12.6 Å². The third-order valence-electron chi connectivity index (χ3n) is 3.52. The number of carbonyl (C=O) groups is 1. The topological polar surface area (TPSA) is 60.8 Å². The van der Waals surface area contributed by atoms with Gasteiger partial charge in [0, 0.05) is 17.7 Å². The molecule has 1 aromatic rings. The molecule has 1 atom stereocenters. The molecular weight excluding hydrogens is 254 g/mol. The van der Waals surface area contributed by atoms with E-state index in [0.29, 0.717) is 17.7 Å². The van der Waals surface area contributed by atoms with Gasteiger partial charge in [0.25, 0.3) is 5.91 Å².